The van der Waals surface area contributed by atoms with Gasteiger partial charge in [-0.25, -0.2) is 0 Å². The van der Waals surface area contributed by atoms with Crippen molar-refractivity contribution in [2.75, 3.05) is 6.61 Å². The molecule has 2 aliphatic rings. The summed E-state index contributed by atoms with van der Waals surface area (Å²) >= 11 is 1.71. The highest BCUT2D eigenvalue weighted by Gasteiger charge is 2.44. The number of aliphatic hydroxyl groups excluding tert-OH is 1. The van der Waals surface area contributed by atoms with Gasteiger partial charge in [0, 0.05) is 17.5 Å². The number of hydrogen-bond donors (Lipinski definition) is 2. The lowest BCUT2D eigenvalue weighted by atomic mass is 9.72. The summed E-state index contributed by atoms with van der Waals surface area (Å²) in [4.78, 5) is 14.3. The molecule has 0 spiro atoms. The van der Waals surface area contributed by atoms with Crippen LogP contribution in [-0.4, -0.2) is 23.7 Å². The molecule has 0 aromatic carbocycles. The molecular weight excluding hydrogens is 282 g/mol. The van der Waals surface area contributed by atoms with E-state index < -0.39 is 0 Å². The molecule has 1 amide bonds. The first-order valence-electron chi connectivity index (χ1n) is 8.22. The van der Waals surface area contributed by atoms with Crippen LogP contribution < -0.4 is 5.32 Å². The number of thiophene rings is 1. The first kappa shape index (κ1) is 15.0. The number of hydrogen-bond acceptors (Lipinski definition) is 3. The molecule has 116 valence electrons. The Bertz CT molecular complexity index is 461. The van der Waals surface area contributed by atoms with Crippen molar-refractivity contribution in [1.29, 1.82) is 0 Å². The van der Waals surface area contributed by atoms with E-state index in [9.17, 15) is 9.90 Å². The molecule has 2 aliphatic carbocycles. The first-order valence-corrected chi connectivity index (χ1v) is 9.10. The highest BCUT2D eigenvalue weighted by atomic mass is 32.1. The zero-order valence-electron chi connectivity index (χ0n) is 12.5. The SMILES string of the molecule is O=C(NC(CCO)C1CC1)C1(c2cccs2)CCCCC1. The van der Waals surface area contributed by atoms with Crippen molar-refractivity contribution in [2.24, 2.45) is 5.92 Å². The van der Waals surface area contributed by atoms with E-state index in [0.717, 1.165) is 25.7 Å². The zero-order chi connectivity index (χ0) is 14.7. The summed E-state index contributed by atoms with van der Waals surface area (Å²) in [6.45, 7) is 0.160. The molecule has 1 unspecified atom stereocenters. The number of amides is 1. The number of aliphatic hydroxyl groups is 1. The quantitative estimate of drug-likeness (QED) is 0.848. The van der Waals surface area contributed by atoms with Gasteiger partial charge in [-0.05, 0) is 49.5 Å². The molecule has 1 heterocycles. The molecule has 2 saturated carbocycles. The highest BCUT2D eigenvalue weighted by Crippen LogP contribution is 2.42. The molecule has 1 atom stereocenters. The van der Waals surface area contributed by atoms with Gasteiger partial charge in [-0.15, -0.1) is 11.3 Å². The van der Waals surface area contributed by atoms with E-state index in [0.29, 0.717) is 12.3 Å². The van der Waals surface area contributed by atoms with E-state index in [2.05, 4.69) is 22.8 Å². The number of carbonyl (C=O) groups is 1. The maximum Gasteiger partial charge on any atom is 0.231 e. The number of nitrogens with one attached hydrogen (secondary N) is 1. The van der Waals surface area contributed by atoms with Gasteiger partial charge in [0.15, 0.2) is 0 Å². The lowest BCUT2D eigenvalue weighted by Gasteiger charge is -2.36. The minimum absolute atomic E-state index is 0.160. The van der Waals surface area contributed by atoms with E-state index in [1.165, 1.54) is 24.1 Å². The fourth-order valence-electron chi connectivity index (χ4n) is 3.66. The van der Waals surface area contributed by atoms with Gasteiger partial charge in [-0.2, -0.15) is 0 Å². The average molecular weight is 307 g/mol. The summed E-state index contributed by atoms with van der Waals surface area (Å²) < 4.78 is 0. The van der Waals surface area contributed by atoms with E-state index in [4.69, 9.17) is 0 Å². The van der Waals surface area contributed by atoms with Crippen LogP contribution in [-0.2, 0) is 10.2 Å². The molecule has 2 fully saturated rings. The van der Waals surface area contributed by atoms with Gasteiger partial charge >= 0.3 is 0 Å². The predicted octanol–water partition coefficient (Wildman–Crippen LogP) is 3.23. The largest absolute Gasteiger partial charge is 0.396 e. The molecule has 3 rings (SSSR count). The van der Waals surface area contributed by atoms with E-state index in [1.54, 1.807) is 11.3 Å². The average Bonchev–Trinajstić information content (AvgIpc) is 3.21. The van der Waals surface area contributed by atoms with Crippen LogP contribution in [0.3, 0.4) is 0 Å². The fourth-order valence-corrected chi connectivity index (χ4v) is 4.64. The summed E-state index contributed by atoms with van der Waals surface area (Å²) in [5.41, 5.74) is -0.311. The van der Waals surface area contributed by atoms with Crippen molar-refractivity contribution in [3.05, 3.63) is 22.4 Å². The molecule has 0 aliphatic heterocycles. The molecule has 2 N–H and O–H groups in total. The third-order valence-corrected chi connectivity index (χ3v) is 6.16. The Kier molecular flexibility index (Phi) is 4.65. The van der Waals surface area contributed by atoms with Gasteiger partial charge < -0.3 is 10.4 Å². The van der Waals surface area contributed by atoms with Crippen molar-refractivity contribution in [2.45, 2.75) is 62.8 Å². The third kappa shape index (κ3) is 3.16. The normalized spacial score (nSPS) is 22.7. The molecular formula is C17H25NO2S. The minimum atomic E-state index is -0.311. The summed E-state index contributed by atoms with van der Waals surface area (Å²) in [5.74, 6) is 0.792. The Balaban J connectivity index is 1.77. The van der Waals surface area contributed by atoms with Crippen LogP contribution in [0.15, 0.2) is 17.5 Å². The fraction of sp³-hybridized carbons (Fsp3) is 0.706. The Labute approximate surface area is 130 Å². The Morgan fingerprint density at radius 3 is 2.71 bits per heavy atom. The second-order valence-corrected chi connectivity index (χ2v) is 7.50. The van der Waals surface area contributed by atoms with Crippen LogP contribution in [0.1, 0.15) is 56.2 Å². The van der Waals surface area contributed by atoms with Crippen molar-refractivity contribution < 1.29 is 9.90 Å². The molecule has 4 heteroatoms. The van der Waals surface area contributed by atoms with Crippen LogP contribution in [0.4, 0.5) is 0 Å². The number of carbonyl (C=O) groups excluding carboxylic acids is 1. The molecule has 3 nitrogen and oxygen atoms in total. The molecule has 21 heavy (non-hydrogen) atoms. The molecule has 1 aromatic rings. The minimum Gasteiger partial charge on any atom is -0.396 e. The predicted molar refractivity (Wildman–Crippen MR) is 85.4 cm³/mol. The van der Waals surface area contributed by atoms with Gasteiger partial charge in [0.25, 0.3) is 0 Å². The lowest BCUT2D eigenvalue weighted by molar-refractivity contribution is -0.129. The van der Waals surface area contributed by atoms with Crippen LogP contribution in [0.25, 0.3) is 0 Å². The molecule has 0 bridgehead atoms. The van der Waals surface area contributed by atoms with Crippen molar-refractivity contribution in [3.8, 4) is 0 Å². The standard InChI is InChI=1S/C17H25NO2S/c19-11-8-14(13-6-7-13)18-16(20)17(9-2-1-3-10-17)15-5-4-12-21-15/h4-5,12-14,19H,1-3,6-11H2,(H,18,20). The summed E-state index contributed by atoms with van der Waals surface area (Å²) in [6, 6.07) is 4.34. The second-order valence-electron chi connectivity index (χ2n) is 6.55. The van der Waals surface area contributed by atoms with Crippen molar-refractivity contribution in [1.82, 2.24) is 5.32 Å². The first-order chi connectivity index (χ1) is 10.3. The van der Waals surface area contributed by atoms with Gasteiger partial charge in [0.05, 0.1) is 5.41 Å². The van der Waals surface area contributed by atoms with Gasteiger partial charge in [0.2, 0.25) is 5.91 Å². The van der Waals surface area contributed by atoms with Gasteiger partial charge in [-0.3, -0.25) is 4.79 Å². The summed E-state index contributed by atoms with van der Waals surface area (Å²) in [5, 5.41) is 14.6. The molecule has 1 aromatic heterocycles. The van der Waals surface area contributed by atoms with E-state index >= 15 is 0 Å². The van der Waals surface area contributed by atoms with Crippen LogP contribution >= 0.6 is 11.3 Å². The van der Waals surface area contributed by atoms with E-state index in [-0.39, 0.29) is 24.0 Å². The highest BCUT2D eigenvalue weighted by molar-refractivity contribution is 7.10. The smallest absolute Gasteiger partial charge is 0.231 e. The Morgan fingerprint density at radius 1 is 1.38 bits per heavy atom. The maximum absolute atomic E-state index is 13.0. The van der Waals surface area contributed by atoms with Crippen LogP contribution in [0.2, 0.25) is 0 Å². The Hall–Kier alpha value is -0.870. The van der Waals surface area contributed by atoms with Gasteiger partial charge in [0.1, 0.15) is 0 Å². The second kappa shape index (κ2) is 6.49. The third-order valence-electron chi connectivity index (χ3n) is 5.08. The zero-order valence-corrected chi connectivity index (χ0v) is 13.3. The monoisotopic (exact) mass is 307 g/mol. The molecule has 0 saturated heterocycles. The summed E-state index contributed by atoms with van der Waals surface area (Å²) in [6.07, 6.45) is 8.53. The van der Waals surface area contributed by atoms with Crippen molar-refractivity contribution >= 4 is 17.2 Å². The summed E-state index contributed by atoms with van der Waals surface area (Å²) in [7, 11) is 0. The molecule has 0 radical (unpaired) electrons. The van der Waals surface area contributed by atoms with E-state index in [1.807, 2.05) is 0 Å². The Morgan fingerprint density at radius 2 is 2.14 bits per heavy atom. The van der Waals surface area contributed by atoms with Crippen LogP contribution in [0.5, 0.6) is 0 Å². The van der Waals surface area contributed by atoms with Crippen molar-refractivity contribution in [3.63, 3.8) is 0 Å². The maximum atomic E-state index is 13.0. The topological polar surface area (TPSA) is 49.3 Å². The van der Waals surface area contributed by atoms with Crippen LogP contribution in [0, 0.1) is 5.92 Å². The lowest BCUT2D eigenvalue weighted by Crippen LogP contribution is -2.49. The van der Waals surface area contributed by atoms with Gasteiger partial charge in [-0.1, -0.05) is 25.3 Å². The number of rotatable bonds is 6.